The number of nitrogens with one attached hydrogen (secondary N) is 1. The molecule has 0 saturated heterocycles. The molecule has 1 N–H and O–H groups in total. The molecule has 0 bridgehead atoms. The van der Waals surface area contributed by atoms with Crippen molar-refractivity contribution in [2.75, 3.05) is 6.61 Å². The first-order chi connectivity index (χ1) is 11.1. The summed E-state index contributed by atoms with van der Waals surface area (Å²) in [6.45, 7) is 6.02. The molecule has 116 valence electrons. The van der Waals surface area contributed by atoms with Gasteiger partial charge in [0.05, 0.1) is 9.99 Å². The van der Waals surface area contributed by atoms with Gasteiger partial charge in [-0.2, -0.15) is 0 Å². The van der Waals surface area contributed by atoms with E-state index in [1.54, 1.807) is 12.1 Å². The number of fused-ring (bicyclic) bond motifs is 1. The molecule has 3 rings (SSSR count). The van der Waals surface area contributed by atoms with Crippen LogP contribution >= 0.6 is 15.9 Å². The minimum Gasteiger partial charge on any atom is -0.488 e. The molecule has 0 aliphatic rings. The Hall–Kier alpha value is -2.33. The number of aromatic nitrogens is 1. The fourth-order valence-corrected chi connectivity index (χ4v) is 3.32. The van der Waals surface area contributed by atoms with Gasteiger partial charge in [-0.1, -0.05) is 43.0 Å². The van der Waals surface area contributed by atoms with E-state index in [-0.39, 0.29) is 5.56 Å². The van der Waals surface area contributed by atoms with Crippen LogP contribution in [0.5, 0.6) is 5.75 Å². The quantitative estimate of drug-likeness (QED) is 0.669. The molecule has 0 aliphatic carbocycles. The van der Waals surface area contributed by atoms with Crippen molar-refractivity contribution in [3.05, 3.63) is 75.5 Å². The Morgan fingerprint density at radius 1 is 1.26 bits per heavy atom. The normalized spacial score (nSPS) is 10.7. The minimum atomic E-state index is -0.128. The van der Waals surface area contributed by atoms with Crippen molar-refractivity contribution in [2.45, 2.75) is 6.92 Å². The van der Waals surface area contributed by atoms with E-state index in [0.29, 0.717) is 6.61 Å². The van der Waals surface area contributed by atoms with Crippen molar-refractivity contribution in [3.63, 3.8) is 0 Å². The van der Waals surface area contributed by atoms with Gasteiger partial charge in [0.15, 0.2) is 0 Å². The molecule has 0 saturated carbocycles. The highest BCUT2D eigenvalue weighted by molar-refractivity contribution is 9.10. The topological polar surface area (TPSA) is 42.1 Å². The Labute approximate surface area is 142 Å². The first-order valence-electron chi connectivity index (χ1n) is 7.27. The summed E-state index contributed by atoms with van der Waals surface area (Å²) >= 11 is 3.57. The highest BCUT2D eigenvalue weighted by Gasteiger charge is 2.14. The summed E-state index contributed by atoms with van der Waals surface area (Å²) in [5.41, 5.74) is 3.47. The van der Waals surface area contributed by atoms with Gasteiger partial charge in [0, 0.05) is 17.0 Å². The maximum atomic E-state index is 12.1. The molecule has 0 fully saturated rings. The van der Waals surface area contributed by atoms with Crippen LogP contribution in [0.3, 0.4) is 0 Å². The smallest absolute Gasteiger partial charge is 0.249 e. The molecule has 0 spiro atoms. The van der Waals surface area contributed by atoms with Crippen LogP contribution in [-0.2, 0) is 0 Å². The molecule has 0 aliphatic heterocycles. The Morgan fingerprint density at radius 3 is 2.70 bits per heavy atom. The summed E-state index contributed by atoms with van der Waals surface area (Å²) in [5.74, 6) is 0.721. The van der Waals surface area contributed by atoms with Crippen molar-refractivity contribution in [1.29, 1.82) is 0 Å². The second kappa shape index (κ2) is 6.42. The van der Waals surface area contributed by atoms with E-state index in [1.807, 2.05) is 43.3 Å². The van der Waals surface area contributed by atoms with E-state index in [1.165, 1.54) is 0 Å². The average molecular weight is 370 g/mol. The zero-order valence-electron chi connectivity index (χ0n) is 12.7. The number of pyridine rings is 1. The number of rotatable bonds is 4. The highest BCUT2D eigenvalue weighted by atomic mass is 79.9. The highest BCUT2D eigenvalue weighted by Crippen LogP contribution is 2.37. The van der Waals surface area contributed by atoms with E-state index in [2.05, 4.69) is 27.5 Å². The number of H-pyrrole nitrogens is 1. The standard InChI is InChI=1S/C19H16BrNO2/c1-3-9-23-19-12(2)18-15(10-16(19)20)14(11-17(22)21-18)13-7-5-4-6-8-13/h3-8,10-11H,1,9H2,2H3,(H,21,22). The maximum absolute atomic E-state index is 12.1. The summed E-state index contributed by atoms with van der Waals surface area (Å²) in [5, 5.41) is 0.978. The largest absolute Gasteiger partial charge is 0.488 e. The minimum absolute atomic E-state index is 0.128. The Morgan fingerprint density at radius 2 is 2.00 bits per heavy atom. The number of ether oxygens (including phenoxy) is 1. The Kier molecular flexibility index (Phi) is 4.35. The van der Waals surface area contributed by atoms with E-state index in [4.69, 9.17) is 4.74 Å². The van der Waals surface area contributed by atoms with Crippen LogP contribution < -0.4 is 10.3 Å². The lowest BCUT2D eigenvalue weighted by Gasteiger charge is -2.14. The SMILES string of the molecule is C=CCOc1c(Br)cc2c(-c3ccccc3)cc(=O)[nH]c2c1C. The van der Waals surface area contributed by atoms with Crippen LogP contribution in [0.15, 0.2) is 64.4 Å². The average Bonchev–Trinajstić information content (AvgIpc) is 2.56. The predicted molar refractivity (Wildman–Crippen MR) is 98.1 cm³/mol. The monoisotopic (exact) mass is 369 g/mol. The van der Waals surface area contributed by atoms with Crippen LogP contribution in [-0.4, -0.2) is 11.6 Å². The van der Waals surface area contributed by atoms with E-state index in [0.717, 1.165) is 37.8 Å². The van der Waals surface area contributed by atoms with Gasteiger partial charge in [-0.05, 0) is 40.0 Å². The number of benzene rings is 2. The number of aryl methyl sites for hydroxylation is 1. The van der Waals surface area contributed by atoms with Gasteiger partial charge in [-0.3, -0.25) is 4.79 Å². The molecular formula is C19H16BrNO2. The Balaban J connectivity index is 2.32. The zero-order valence-corrected chi connectivity index (χ0v) is 14.3. The predicted octanol–water partition coefficient (Wildman–Crippen LogP) is 4.83. The van der Waals surface area contributed by atoms with Crippen molar-refractivity contribution in [1.82, 2.24) is 4.98 Å². The van der Waals surface area contributed by atoms with Crippen LogP contribution in [0.4, 0.5) is 0 Å². The number of hydrogen-bond acceptors (Lipinski definition) is 2. The van der Waals surface area contributed by atoms with Gasteiger partial charge in [-0.15, -0.1) is 0 Å². The lowest BCUT2D eigenvalue weighted by Crippen LogP contribution is -2.07. The summed E-state index contributed by atoms with van der Waals surface area (Å²) < 4.78 is 6.58. The molecule has 0 amide bonds. The van der Waals surface area contributed by atoms with Crippen LogP contribution in [0.25, 0.3) is 22.0 Å². The number of halogens is 1. The summed E-state index contributed by atoms with van der Waals surface area (Å²) in [6, 6.07) is 13.5. The molecular weight excluding hydrogens is 354 g/mol. The van der Waals surface area contributed by atoms with E-state index >= 15 is 0 Å². The molecule has 0 unspecified atom stereocenters. The molecule has 1 aromatic heterocycles. The van der Waals surface area contributed by atoms with Crippen LogP contribution in [0, 0.1) is 6.92 Å². The van der Waals surface area contributed by atoms with Crippen LogP contribution in [0.1, 0.15) is 5.56 Å². The van der Waals surface area contributed by atoms with Crippen molar-refractivity contribution >= 4 is 26.8 Å². The van der Waals surface area contributed by atoms with Gasteiger partial charge >= 0.3 is 0 Å². The lowest BCUT2D eigenvalue weighted by molar-refractivity contribution is 0.359. The maximum Gasteiger partial charge on any atom is 0.249 e. The van der Waals surface area contributed by atoms with Crippen molar-refractivity contribution in [2.24, 2.45) is 0 Å². The van der Waals surface area contributed by atoms with E-state index < -0.39 is 0 Å². The summed E-state index contributed by atoms with van der Waals surface area (Å²) in [7, 11) is 0. The molecule has 2 aromatic carbocycles. The van der Waals surface area contributed by atoms with Gasteiger partial charge in [0.1, 0.15) is 12.4 Å². The molecule has 4 heteroatoms. The summed E-state index contributed by atoms with van der Waals surface area (Å²) in [4.78, 5) is 15.0. The molecule has 1 heterocycles. The van der Waals surface area contributed by atoms with Crippen LogP contribution in [0.2, 0.25) is 0 Å². The third-order valence-electron chi connectivity index (χ3n) is 3.72. The molecule has 3 aromatic rings. The first-order valence-corrected chi connectivity index (χ1v) is 8.06. The molecule has 23 heavy (non-hydrogen) atoms. The van der Waals surface area contributed by atoms with Crippen molar-refractivity contribution < 1.29 is 4.74 Å². The fourth-order valence-electron chi connectivity index (χ4n) is 2.68. The second-order valence-electron chi connectivity index (χ2n) is 5.25. The van der Waals surface area contributed by atoms with Gasteiger partial charge in [0.25, 0.3) is 0 Å². The third kappa shape index (κ3) is 2.94. The molecule has 3 nitrogen and oxygen atoms in total. The van der Waals surface area contributed by atoms with Gasteiger partial charge < -0.3 is 9.72 Å². The van der Waals surface area contributed by atoms with Gasteiger partial charge in [0.2, 0.25) is 5.56 Å². The fraction of sp³-hybridized carbons (Fsp3) is 0.105. The molecule has 0 atom stereocenters. The van der Waals surface area contributed by atoms with Gasteiger partial charge in [-0.25, -0.2) is 0 Å². The number of aromatic amines is 1. The van der Waals surface area contributed by atoms with Crippen molar-refractivity contribution in [3.8, 4) is 16.9 Å². The summed E-state index contributed by atoms with van der Waals surface area (Å²) in [6.07, 6.45) is 1.69. The lowest BCUT2D eigenvalue weighted by atomic mass is 9.99. The Bertz CT molecular complexity index is 929. The first kappa shape index (κ1) is 15.6. The molecule has 0 radical (unpaired) electrons. The van der Waals surface area contributed by atoms with E-state index in [9.17, 15) is 4.79 Å². The second-order valence-corrected chi connectivity index (χ2v) is 6.10. The number of hydrogen-bond donors (Lipinski definition) is 1. The third-order valence-corrected chi connectivity index (χ3v) is 4.31. The zero-order chi connectivity index (χ0) is 16.4.